The summed E-state index contributed by atoms with van der Waals surface area (Å²) in [5, 5.41) is 5.71. The second-order valence-corrected chi connectivity index (χ2v) is 7.72. The first-order valence-corrected chi connectivity index (χ1v) is 10.3. The minimum atomic E-state index is -0.322. The highest BCUT2D eigenvalue weighted by atomic mass is 35.5. The smallest absolute Gasteiger partial charge is 0.266 e. The molecule has 4 rings (SSSR count). The van der Waals surface area contributed by atoms with Crippen LogP contribution < -0.4 is 5.43 Å². The van der Waals surface area contributed by atoms with Gasteiger partial charge >= 0.3 is 0 Å². The van der Waals surface area contributed by atoms with E-state index in [0.717, 1.165) is 21.2 Å². The molecule has 0 saturated heterocycles. The lowest BCUT2D eigenvalue weighted by Gasteiger charge is -2.04. The first-order valence-electron chi connectivity index (χ1n) is 9.06. The van der Waals surface area contributed by atoms with Gasteiger partial charge in [0.25, 0.3) is 5.91 Å². The number of hydrogen-bond acceptors (Lipinski definition) is 3. The summed E-state index contributed by atoms with van der Waals surface area (Å²) in [5.74, 6) is -0.322. The minimum absolute atomic E-state index is 0.322. The fraction of sp³-hybridized carbons (Fsp3) is 0. The van der Waals surface area contributed by atoms with Gasteiger partial charge in [0, 0.05) is 15.6 Å². The molecule has 0 fully saturated rings. The molecule has 0 bridgehead atoms. The maximum atomic E-state index is 12.7. The molecule has 0 radical (unpaired) electrons. The third-order valence-corrected chi connectivity index (χ3v) is 6.00. The van der Waals surface area contributed by atoms with Crippen molar-refractivity contribution in [1.29, 1.82) is 0 Å². The van der Waals surface area contributed by atoms with Crippen molar-refractivity contribution in [3.63, 3.8) is 0 Å². The van der Waals surface area contributed by atoms with Gasteiger partial charge in [-0.05, 0) is 17.7 Å². The number of fused-ring (bicyclic) bond motifs is 1. The summed E-state index contributed by atoms with van der Waals surface area (Å²) in [6.45, 7) is 0. The molecule has 3 nitrogen and oxygen atoms in total. The molecule has 29 heavy (non-hydrogen) atoms. The number of benzene rings is 3. The van der Waals surface area contributed by atoms with Crippen molar-refractivity contribution in [2.45, 2.75) is 0 Å². The second-order valence-electron chi connectivity index (χ2n) is 6.29. The summed E-state index contributed by atoms with van der Waals surface area (Å²) in [6.07, 6.45) is 3.85. The highest BCUT2D eigenvalue weighted by molar-refractivity contribution is 7.21. The van der Waals surface area contributed by atoms with Gasteiger partial charge in [-0.2, -0.15) is 5.10 Å². The third-order valence-electron chi connectivity index (χ3n) is 4.32. The van der Waals surface area contributed by atoms with Crippen molar-refractivity contribution in [3.8, 4) is 0 Å². The standard InChI is InChI=1S/C24H17ClN2OS/c25-22-19-13-7-8-14-21(19)29-23(22)24(28)27-26-20(18-11-5-2-6-12-18)16-15-17-9-3-1-4-10-17/h1-16H,(H,27,28)/b16-15+,26-20+. The van der Waals surface area contributed by atoms with Gasteiger partial charge in [0.05, 0.1) is 10.7 Å². The summed E-state index contributed by atoms with van der Waals surface area (Å²) >= 11 is 7.77. The summed E-state index contributed by atoms with van der Waals surface area (Å²) in [7, 11) is 0. The highest BCUT2D eigenvalue weighted by Crippen LogP contribution is 2.34. The molecule has 4 aromatic rings. The molecule has 1 heterocycles. The Balaban J connectivity index is 1.62. The molecular weight excluding hydrogens is 400 g/mol. The summed E-state index contributed by atoms with van der Waals surface area (Å²) < 4.78 is 0.971. The van der Waals surface area contributed by atoms with E-state index in [1.54, 1.807) is 0 Å². The largest absolute Gasteiger partial charge is 0.283 e. The molecule has 0 aliphatic carbocycles. The van der Waals surface area contributed by atoms with E-state index >= 15 is 0 Å². The van der Waals surface area contributed by atoms with Crippen LogP contribution in [0.4, 0.5) is 0 Å². The fourth-order valence-corrected chi connectivity index (χ4v) is 4.27. The molecule has 0 saturated carbocycles. The van der Waals surface area contributed by atoms with E-state index in [4.69, 9.17) is 11.6 Å². The van der Waals surface area contributed by atoms with E-state index in [9.17, 15) is 4.79 Å². The van der Waals surface area contributed by atoms with Crippen LogP contribution in [0.15, 0.2) is 96.1 Å². The number of thiophene rings is 1. The first kappa shape index (κ1) is 19.1. The molecule has 0 spiro atoms. The Bertz CT molecular complexity index is 1200. The van der Waals surface area contributed by atoms with Gasteiger partial charge in [-0.1, -0.05) is 96.5 Å². The van der Waals surface area contributed by atoms with Crippen molar-refractivity contribution in [2.24, 2.45) is 5.10 Å². The average Bonchev–Trinajstić information content (AvgIpc) is 3.12. The fourth-order valence-electron chi connectivity index (χ4n) is 2.87. The van der Waals surface area contributed by atoms with E-state index in [2.05, 4.69) is 10.5 Å². The first-order chi connectivity index (χ1) is 14.2. The average molecular weight is 417 g/mol. The number of amides is 1. The summed E-state index contributed by atoms with van der Waals surface area (Å²) in [4.78, 5) is 13.2. The molecule has 1 aromatic heterocycles. The molecule has 0 atom stereocenters. The number of hydrazone groups is 1. The van der Waals surface area contributed by atoms with Crippen LogP contribution in [0.25, 0.3) is 16.2 Å². The molecule has 0 unspecified atom stereocenters. The molecule has 1 N–H and O–H groups in total. The zero-order valence-corrected chi connectivity index (χ0v) is 17.0. The van der Waals surface area contributed by atoms with Gasteiger partial charge in [-0.3, -0.25) is 4.79 Å². The predicted molar refractivity (Wildman–Crippen MR) is 123 cm³/mol. The van der Waals surface area contributed by atoms with Crippen LogP contribution in [0.1, 0.15) is 20.8 Å². The van der Waals surface area contributed by atoms with Crippen LogP contribution in [0.3, 0.4) is 0 Å². The SMILES string of the molecule is O=C(N/N=C(\C=C\c1ccccc1)c1ccccc1)c1sc2ccccc2c1Cl. The number of carbonyl (C=O) groups is 1. The Labute approximate surface area is 178 Å². The molecular formula is C24H17ClN2OS. The number of allylic oxidation sites excluding steroid dienone is 1. The molecule has 3 aromatic carbocycles. The Kier molecular flexibility index (Phi) is 5.84. The number of nitrogens with zero attached hydrogens (tertiary/aromatic N) is 1. The van der Waals surface area contributed by atoms with Gasteiger partial charge in [-0.25, -0.2) is 5.43 Å². The Morgan fingerprint density at radius 1 is 0.897 bits per heavy atom. The van der Waals surface area contributed by atoms with Crippen LogP contribution in [-0.4, -0.2) is 11.6 Å². The lowest BCUT2D eigenvalue weighted by molar-refractivity contribution is 0.0959. The Hall–Kier alpha value is -3.21. The van der Waals surface area contributed by atoms with Crippen molar-refractivity contribution >= 4 is 50.7 Å². The third kappa shape index (κ3) is 4.45. The van der Waals surface area contributed by atoms with Gasteiger partial charge in [0.1, 0.15) is 4.88 Å². The highest BCUT2D eigenvalue weighted by Gasteiger charge is 2.16. The monoisotopic (exact) mass is 416 g/mol. The molecule has 5 heteroatoms. The Morgan fingerprint density at radius 3 is 2.28 bits per heavy atom. The van der Waals surface area contributed by atoms with Crippen molar-refractivity contribution in [3.05, 3.63) is 112 Å². The zero-order chi connectivity index (χ0) is 20.1. The lowest BCUT2D eigenvalue weighted by atomic mass is 10.1. The predicted octanol–water partition coefficient (Wildman–Crippen LogP) is 6.40. The maximum absolute atomic E-state index is 12.7. The number of rotatable bonds is 5. The van der Waals surface area contributed by atoms with Crippen LogP contribution in [0.2, 0.25) is 5.02 Å². The van der Waals surface area contributed by atoms with Crippen LogP contribution in [0.5, 0.6) is 0 Å². The van der Waals surface area contributed by atoms with E-state index < -0.39 is 0 Å². The lowest BCUT2D eigenvalue weighted by Crippen LogP contribution is -2.18. The number of nitrogens with one attached hydrogen (secondary N) is 1. The normalized spacial score (nSPS) is 11.8. The van der Waals surface area contributed by atoms with E-state index in [0.29, 0.717) is 15.6 Å². The zero-order valence-electron chi connectivity index (χ0n) is 15.4. The molecule has 0 aliphatic heterocycles. The van der Waals surface area contributed by atoms with E-state index in [1.807, 2.05) is 97.1 Å². The van der Waals surface area contributed by atoms with Crippen molar-refractivity contribution in [2.75, 3.05) is 0 Å². The molecule has 1 amide bonds. The van der Waals surface area contributed by atoms with Gasteiger partial charge in [0.15, 0.2) is 0 Å². The van der Waals surface area contributed by atoms with Gasteiger partial charge < -0.3 is 0 Å². The molecule has 0 aliphatic rings. The quantitative estimate of drug-likeness (QED) is 0.296. The Morgan fingerprint density at radius 2 is 1.55 bits per heavy atom. The number of halogens is 1. The van der Waals surface area contributed by atoms with Crippen molar-refractivity contribution in [1.82, 2.24) is 5.43 Å². The van der Waals surface area contributed by atoms with Gasteiger partial charge in [0.2, 0.25) is 0 Å². The van der Waals surface area contributed by atoms with E-state index in [-0.39, 0.29) is 5.91 Å². The minimum Gasteiger partial charge on any atom is -0.266 e. The second kappa shape index (κ2) is 8.86. The van der Waals surface area contributed by atoms with Crippen LogP contribution in [0, 0.1) is 0 Å². The van der Waals surface area contributed by atoms with Gasteiger partial charge in [-0.15, -0.1) is 11.3 Å². The maximum Gasteiger partial charge on any atom is 0.283 e. The van der Waals surface area contributed by atoms with Crippen molar-refractivity contribution < 1.29 is 4.79 Å². The summed E-state index contributed by atoms with van der Waals surface area (Å²) in [5.41, 5.74) is 5.27. The number of hydrogen-bond donors (Lipinski definition) is 1. The molecule has 142 valence electrons. The van der Waals surface area contributed by atoms with E-state index in [1.165, 1.54) is 11.3 Å². The number of carbonyl (C=O) groups excluding carboxylic acids is 1. The summed E-state index contributed by atoms with van der Waals surface area (Å²) in [6, 6.07) is 27.3. The van der Waals surface area contributed by atoms with Crippen LogP contribution in [-0.2, 0) is 0 Å². The van der Waals surface area contributed by atoms with Crippen LogP contribution >= 0.6 is 22.9 Å². The topological polar surface area (TPSA) is 41.5 Å².